The molecule has 2 fully saturated rings. The van der Waals surface area contributed by atoms with Crippen molar-refractivity contribution in [2.45, 2.75) is 142 Å². The van der Waals surface area contributed by atoms with Crippen LogP contribution in [0.5, 0.6) is 11.5 Å². The number of nitrogens with zero attached hydrogens (tertiary/aromatic N) is 2. The summed E-state index contributed by atoms with van der Waals surface area (Å²) in [7, 11) is 5.28. The largest absolute Gasteiger partial charge is 0.459 e. The second-order valence-electron chi connectivity index (χ2n) is 18.1. The van der Waals surface area contributed by atoms with Gasteiger partial charge in [0.25, 0.3) is 0 Å². The number of esters is 1. The van der Waals surface area contributed by atoms with E-state index in [0.29, 0.717) is 18.7 Å². The number of likely N-dealkylation sites (N-methyl/N-ethyl adjacent to an activating group) is 1. The zero-order chi connectivity index (χ0) is 46.5. The lowest BCUT2D eigenvalue weighted by molar-refractivity contribution is -0.295. The van der Waals surface area contributed by atoms with Crippen molar-refractivity contribution in [1.82, 2.24) is 15.5 Å². The number of rotatable bonds is 17. The molecule has 15 heteroatoms. The number of ketones is 1. The molecule has 5 N–H and O–H groups in total. The van der Waals surface area contributed by atoms with Crippen molar-refractivity contribution in [3.8, 4) is 11.5 Å². The molecule has 354 valence electrons. The molecule has 13 atom stereocenters. The molecule has 0 unspecified atom stereocenters. The highest BCUT2D eigenvalue weighted by atomic mass is 16.7. The Balaban J connectivity index is 1.46. The van der Waals surface area contributed by atoms with Crippen LogP contribution in [-0.4, -0.2) is 139 Å². The fourth-order valence-corrected chi connectivity index (χ4v) is 8.85. The molecule has 0 aromatic heterocycles. The number of benzene rings is 2. The van der Waals surface area contributed by atoms with Gasteiger partial charge < -0.3 is 59.4 Å². The van der Waals surface area contributed by atoms with Crippen LogP contribution in [0.2, 0.25) is 0 Å². The van der Waals surface area contributed by atoms with Crippen LogP contribution in [0, 0.1) is 23.7 Å². The van der Waals surface area contributed by atoms with Gasteiger partial charge in [-0.3, -0.25) is 9.59 Å². The van der Waals surface area contributed by atoms with Gasteiger partial charge >= 0.3 is 5.97 Å². The van der Waals surface area contributed by atoms with Crippen molar-refractivity contribution in [3.63, 3.8) is 0 Å². The van der Waals surface area contributed by atoms with Gasteiger partial charge in [-0.15, -0.1) is 0 Å². The summed E-state index contributed by atoms with van der Waals surface area (Å²) in [6, 6.07) is 17.4. The zero-order valence-corrected chi connectivity index (χ0v) is 39.4. The average Bonchev–Trinajstić information content (AvgIpc) is 3.26. The van der Waals surface area contributed by atoms with Crippen LogP contribution in [-0.2, 0) is 39.9 Å². The van der Waals surface area contributed by atoms with Crippen molar-refractivity contribution in [2.75, 3.05) is 47.4 Å². The fraction of sp³-hybridized carbons (Fsp3) is 0.688. The molecule has 4 rings (SSSR count). The minimum atomic E-state index is -1.91. The molecule has 2 heterocycles. The lowest BCUT2D eigenvalue weighted by atomic mass is 9.74. The Morgan fingerprint density at radius 1 is 0.905 bits per heavy atom. The summed E-state index contributed by atoms with van der Waals surface area (Å²) in [6.45, 7) is 16.7. The highest BCUT2D eigenvalue weighted by molar-refractivity contribution is 6.00. The van der Waals surface area contributed by atoms with Gasteiger partial charge in [0.05, 0.1) is 29.6 Å². The molecule has 2 aliphatic rings. The molecular weight excluding hydrogens is 809 g/mol. The highest BCUT2D eigenvalue weighted by Crippen LogP contribution is 2.38. The van der Waals surface area contributed by atoms with E-state index in [0.717, 1.165) is 43.1 Å². The first-order chi connectivity index (χ1) is 29.8. The van der Waals surface area contributed by atoms with Gasteiger partial charge in [0, 0.05) is 44.0 Å². The zero-order valence-electron chi connectivity index (χ0n) is 39.4. The summed E-state index contributed by atoms with van der Waals surface area (Å²) in [4.78, 5) is 35.7. The molecule has 2 aliphatic heterocycles. The van der Waals surface area contributed by atoms with E-state index in [1.807, 2.05) is 94.4 Å². The topological polar surface area (TPSA) is 190 Å². The quantitative estimate of drug-likeness (QED) is 0.0612. The highest BCUT2D eigenvalue weighted by Gasteiger charge is 2.51. The maximum Gasteiger partial charge on any atom is 0.316 e. The lowest BCUT2D eigenvalue weighted by Crippen LogP contribution is -2.60. The average molecular weight is 885 g/mol. The third kappa shape index (κ3) is 14.0. The van der Waals surface area contributed by atoms with Gasteiger partial charge in [-0.1, -0.05) is 63.2 Å². The molecule has 2 aromatic rings. The first kappa shape index (κ1) is 52.1. The Morgan fingerprint density at radius 2 is 1.56 bits per heavy atom. The van der Waals surface area contributed by atoms with E-state index in [2.05, 4.69) is 15.8 Å². The Labute approximate surface area is 375 Å². The number of hydrogen-bond donors (Lipinski definition) is 5. The number of oxime groups is 1. The molecule has 0 bridgehead atoms. The molecule has 2 saturated heterocycles. The summed E-state index contributed by atoms with van der Waals surface area (Å²) < 4.78 is 30.8. The standard InChI is InChI=1S/C48H76N4O11/c1-12-39-48(8,57)43(55)32(4)40(51-59-26-25-49-23-16-24-50-29-35-19-21-37(22-20-35)61-36-17-14-13-15-18-36)30(2)28-47(7,58-11)44(33(5)41(53)34(6)45(56)62-39)63-46-42(54)38(52(9)10)27-31(3)60-46/h13-15,17-22,30-34,38-39,42-44,46,49-50,54-55,57H,12,16,23-29H2,1-11H3/b51-40+/t30-,31-,32+,33+,34-,38+,39-,42-,43-,44-,46+,47+,48-/m1/s1. The number of nitrogens with one attached hydrogen (secondary N) is 2. The predicted molar refractivity (Wildman–Crippen MR) is 241 cm³/mol. The van der Waals surface area contributed by atoms with E-state index in [1.54, 1.807) is 20.8 Å². The van der Waals surface area contributed by atoms with Crippen molar-refractivity contribution in [1.29, 1.82) is 0 Å². The minimum Gasteiger partial charge on any atom is -0.459 e. The van der Waals surface area contributed by atoms with Crippen molar-refractivity contribution in [3.05, 3.63) is 60.2 Å². The lowest BCUT2D eigenvalue weighted by Gasteiger charge is -2.47. The SMILES string of the molecule is CC[C@H]1OC(=O)[C@H](C)C(=O)[C@H](C)[C@@H](O[C@@H]2O[C@H](C)C[C@H](N(C)C)[C@H]2O)[C@@](C)(OC)C[C@@H](C)/C(=N\OCCNCCCNCc2ccc(Oc3ccccc3)cc2)[C@H](C)[C@@H](O)[C@]1(C)O. The van der Waals surface area contributed by atoms with Crippen molar-refractivity contribution < 1.29 is 53.4 Å². The Bertz CT molecular complexity index is 1730. The smallest absolute Gasteiger partial charge is 0.316 e. The van der Waals surface area contributed by atoms with Crippen molar-refractivity contribution >= 4 is 17.5 Å². The predicted octanol–water partition coefficient (Wildman–Crippen LogP) is 5.09. The molecule has 0 amide bonds. The van der Waals surface area contributed by atoms with Crippen LogP contribution in [0.15, 0.2) is 59.8 Å². The summed E-state index contributed by atoms with van der Waals surface area (Å²) in [6.07, 6.45) is -4.16. The number of Topliss-reactive ketones (excluding diaryl/α,β-unsaturated/α-hetero) is 1. The molecular formula is C48H76N4O11. The first-order valence-electron chi connectivity index (χ1n) is 22.6. The van der Waals surface area contributed by atoms with Gasteiger partial charge in [0.15, 0.2) is 12.1 Å². The summed E-state index contributed by atoms with van der Waals surface area (Å²) in [5.41, 5.74) is -1.54. The number of para-hydroxylation sites is 1. The van der Waals surface area contributed by atoms with Crippen LogP contribution in [0.3, 0.4) is 0 Å². The first-order valence-corrected chi connectivity index (χ1v) is 22.6. The Kier molecular flexibility index (Phi) is 20.0. The molecule has 2 aromatic carbocycles. The van der Waals surface area contributed by atoms with Gasteiger partial charge in [-0.2, -0.15) is 0 Å². The molecule has 0 aliphatic carbocycles. The van der Waals surface area contributed by atoms with E-state index in [-0.39, 0.29) is 31.6 Å². The number of aliphatic hydroxyl groups is 3. The summed E-state index contributed by atoms with van der Waals surface area (Å²) in [5.74, 6) is -3.12. The van der Waals surface area contributed by atoms with E-state index >= 15 is 0 Å². The number of hydrogen-bond acceptors (Lipinski definition) is 15. The molecule has 63 heavy (non-hydrogen) atoms. The Morgan fingerprint density at radius 3 is 2.19 bits per heavy atom. The summed E-state index contributed by atoms with van der Waals surface area (Å²) in [5, 5.41) is 46.6. The fourth-order valence-electron chi connectivity index (χ4n) is 8.85. The van der Waals surface area contributed by atoms with Gasteiger partial charge in [-0.05, 0) is 110 Å². The van der Waals surface area contributed by atoms with Crippen LogP contribution >= 0.6 is 0 Å². The number of cyclic esters (lactones) is 1. The van der Waals surface area contributed by atoms with Gasteiger partial charge in [0.2, 0.25) is 0 Å². The maximum absolute atomic E-state index is 14.2. The van der Waals surface area contributed by atoms with Crippen LogP contribution in [0.1, 0.15) is 86.6 Å². The summed E-state index contributed by atoms with van der Waals surface area (Å²) >= 11 is 0. The number of carbonyl (C=O) groups excluding carboxylic acids is 2. The monoisotopic (exact) mass is 885 g/mol. The third-order valence-electron chi connectivity index (χ3n) is 12.8. The van der Waals surface area contributed by atoms with E-state index in [4.69, 9.17) is 28.5 Å². The molecule has 0 saturated carbocycles. The van der Waals surface area contributed by atoms with Crippen molar-refractivity contribution in [2.24, 2.45) is 28.8 Å². The third-order valence-corrected chi connectivity index (χ3v) is 12.8. The van der Waals surface area contributed by atoms with Crippen LogP contribution in [0.25, 0.3) is 0 Å². The number of ether oxygens (including phenoxy) is 5. The second-order valence-corrected chi connectivity index (χ2v) is 18.1. The van der Waals surface area contributed by atoms with E-state index < -0.39 is 77.3 Å². The minimum absolute atomic E-state index is 0.173. The van der Waals surface area contributed by atoms with Crippen LogP contribution in [0.4, 0.5) is 0 Å². The van der Waals surface area contributed by atoms with E-state index in [9.17, 15) is 24.9 Å². The number of methoxy groups -OCH3 is 1. The molecule has 15 nitrogen and oxygen atoms in total. The maximum atomic E-state index is 14.2. The second kappa shape index (κ2) is 24.1. The number of aliphatic hydroxyl groups excluding tert-OH is 2. The number of carbonyl (C=O) groups is 2. The molecule has 0 spiro atoms. The van der Waals surface area contributed by atoms with E-state index in [1.165, 1.54) is 21.0 Å². The normalized spacial score (nSPS) is 34.4. The Hall–Kier alpha value is -3.51. The van der Waals surface area contributed by atoms with Crippen LogP contribution < -0.4 is 15.4 Å². The molecule has 0 radical (unpaired) electrons. The van der Waals surface area contributed by atoms with Gasteiger partial charge in [-0.25, -0.2) is 0 Å². The van der Waals surface area contributed by atoms with Gasteiger partial charge in [0.1, 0.15) is 41.8 Å².